The first-order chi connectivity index (χ1) is 7.62. The van der Waals surface area contributed by atoms with Crippen molar-refractivity contribution in [3.63, 3.8) is 0 Å². The van der Waals surface area contributed by atoms with Gasteiger partial charge in [-0.25, -0.2) is 0 Å². The highest BCUT2D eigenvalue weighted by molar-refractivity contribution is 5.55. The third-order valence-electron chi connectivity index (χ3n) is 3.17. The number of nitrogens with zero attached hydrogens (tertiary/aromatic N) is 1. The van der Waals surface area contributed by atoms with Crippen LogP contribution in [0.3, 0.4) is 0 Å². The molecule has 0 amide bonds. The van der Waals surface area contributed by atoms with Crippen LogP contribution in [0.15, 0.2) is 18.5 Å². The van der Waals surface area contributed by atoms with E-state index in [9.17, 15) is 0 Å². The molecule has 1 atom stereocenters. The maximum absolute atomic E-state index is 4.24. The number of hydrogen-bond acceptors (Lipinski definition) is 3. The molecule has 1 unspecified atom stereocenters. The van der Waals surface area contributed by atoms with Crippen LogP contribution in [0.4, 0.5) is 11.4 Å². The molecule has 0 aromatic carbocycles. The van der Waals surface area contributed by atoms with Crippen LogP contribution in [0, 0.1) is 5.41 Å². The Morgan fingerprint density at radius 1 is 1.38 bits per heavy atom. The van der Waals surface area contributed by atoms with Crippen molar-refractivity contribution in [1.29, 1.82) is 0 Å². The summed E-state index contributed by atoms with van der Waals surface area (Å²) in [6.07, 6.45) is 6.15. The van der Waals surface area contributed by atoms with Crippen molar-refractivity contribution in [3.05, 3.63) is 18.5 Å². The fourth-order valence-electron chi connectivity index (χ4n) is 1.80. The Morgan fingerprint density at radius 3 is 2.69 bits per heavy atom. The highest BCUT2D eigenvalue weighted by atomic mass is 15.0. The summed E-state index contributed by atoms with van der Waals surface area (Å²) in [5.74, 6) is 0. The fourth-order valence-corrected chi connectivity index (χ4v) is 1.80. The second-order valence-electron chi connectivity index (χ2n) is 5.28. The van der Waals surface area contributed by atoms with Crippen LogP contribution in [0.2, 0.25) is 0 Å². The van der Waals surface area contributed by atoms with Crippen molar-refractivity contribution >= 4 is 11.4 Å². The van der Waals surface area contributed by atoms with Crippen molar-refractivity contribution in [2.75, 3.05) is 17.2 Å². The van der Waals surface area contributed by atoms with Gasteiger partial charge in [0, 0.05) is 12.6 Å². The lowest BCUT2D eigenvalue weighted by Crippen LogP contribution is -2.09. The van der Waals surface area contributed by atoms with Crippen molar-refractivity contribution in [2.24, 2.45) is 5.41 Å². The highest BCUT2D eigenvalue weighted by Crippen LogP contribution is 2.46. The maximum atomic E-state index is 4.24. The van der Waals surface area contributed by atoms with E-state index in [0.29, 0.717) is 11.5 Å². The first-order valence-electron chi connectivity index (χ1n) is 6.07. The molecule has 1 saturated carbocycles. The average molecular weight is 219 g/mol. The molecule has 0 radical (unpaired) electrons. The van der Waals surface area contributed by atoms with Crippen LogP contribution in [-0.2, 0) is 0 Å². The summed E-state index contributed by atoms with van der Waals surface area (Å²) < 4.78 is 0. The topological polar surface area (TPSA) is 37.0 Å². The molecule has 2 rings (SSSR count). The summed E-state index contributed by atoms with van der Waals surface area (Å²) in [6.45, 7) is 7.74. The second-order valence-corrected chi connectivity index (χ2v) is 5.28. The summed E-state index contributed by atoms with van der Waals surface area (Å²) >= 11 is 0. The zero-order valence-corrected chi connectivity index (χ0v) is 10.4. The highest BCUT2D eigenvalue weighted by Gasteiger charge is 2.45. The van der Waals surface area contributed by atoms with Gasteiger partial charge < -0.3 is 10.6 Å². The molecule has 1 aromatic rings. The lowest BCUT2D eigenvalue weighted by Gasteiger charge is -2.10. The number of hydrogen-bond donors (Lipinski definition) is 2. The number of pyridine rings is 1. The first-order valence-corrected chi connectivity index (χ1v) is 6.07. The van der Waals surface area contributed by atoms with E-state index in [-0.39, 0.29) is 0 Å². The smallest absolute Gasteiger partial charge is 0.0549 e. The van der Waals surface area contributed by atoms with E-state index >= 15 is 0 Å². The summed E-state index contributed by atoms with van der Waals surface area (Å²) in [7, 11) is 0. The predicted molar refractivity (Wildman–Crippen MR) is 68.8 cm³/mol. The molecule has 1 aliphatic carbocycles. The zero-order valence-electron chi connectivity index (χ0n) is 10.4. The molecule has 0 bridgehead atoms. The molecule has 0 saturated heterocycles. The molecule has 88 valence electrons. The SMILES string of the molecule is CCCNc1cncc(NC2CC2(C)C)c1. The molecular formula is C13H21N3. The molecule has 1 aliphatic rings. The van der Waals surface area contributed by atoms with Crippen LogP contribution in [0.5, 0.6) is 0 Å². The number of nitrogens with one attached hydrogen (secondary N) is 2. The number of anilines is 2. The largest absolute Gasteiger partial charge is 0.384 e. The summed E-state index contributed by atoms with van der Waals surface area (Å²) in [5, 5.41) is 6.87. The lowest BCUT2D eigenvalue weighted by molar-refractivity contribution is 0.630. The van der Waals surface area contributed by atoms with E-state index in [0.717, 1.165) is 24.3 Å². The fraction of sp³-hybridized carbons (Fsp3) is 0.615. The molecule has 0 spiro atoms. The molecule has 3 heteroatoms. The Morgan fingerprint density at radius 2 is 2.06 bits per heavy atom. The summed E-state index contributed by atoms with van der Waals surface area (Å²) in [4.78, 5) is 4.24. The Bertz CT molecular complexity index is 360. The molecule has 0 aliphatic heterocycles. The first kappa shape index (κ1) is 11.2. The van der Waals surface area contributed by atoms with E-state index in [2.05, 4.69) is 42.5 Å². The van der Waals surface area contributed by atoms with Crippen molar-refractivity contribution in [2.45, 2.75) is 39.7 Å². The van der Waals surface area contributed by atoms with E-state index in [1.54, 1.807) is 0 Å². The van der Waals surface area contributed by atoms with E-state index in [1.807, 2.05) is 12.4 Å². The summed E-state index contributed by atoms with van der Waals surface area (Å²) in [6, 6.07) is 2.74. The normalized spacial score (nSPS) is 21.6. The van der Waals surface area contributed by atoms with Crippen molar-refractivity contribution in [3.8, 4) is 0 Å². The monoisotopic (exact) mass is 219 g/mol. The van der Waals surface area contributed by atoms with Gasteiger partial charge in [0.1, 0.15) is 0 Å². The van der Waals surface area contributed by atoms with Gasteiger partial charge in [0.25, 0.3) is 0 Å². The Kier molecular flexibility index (Phi) is 3.03. The average Bonchev–Trinajstić information content (AvgIpc) is 2.83. The molecule has 3 nitrogen and oxygen atoms in total. The van der Waals surface area contributed by atoms with Gasteiger partial charge in [-0.3, -0.25) is 4.98 Å². The Hall–Kier alpha value is -1.25. The molecule has 1 heterocycles. The summed E-state index contributed by atoms with van der Waals surface area (Å²) in [5.41, 5.74) is 2.68. The maximum Gasteiger partial charge on any atom is 0.0549 e. The van der Waals surface area contributed by atoms with E-state index < -0.39 is 0 Å². The Balaban J connectivity index is 1.94. The van der Waals surface area contributed by atoms with Crippen molar-refractivity contribution in [1.82, 2.24) is 4.98 Å². The minimum Gasteiger partial charge on any atom is -0.384 e. The Labute approximate surface area is 97.7 Å². The van der Waals surface area contributed by atoms with Crippen LogP contribution >= 0.6 is 0 Å². The predicted octanol–water partition coefficient (Wildman–Crippen LogP) is 3.11. The molecule has 2 N–H and O–H groups in total. The third kappa shape index (κ3) is 2.65. The second kappa shape index (κ2) is 4.32. The van der Waals surface area contributed by atoms with Gasteiger partial charge in [0.05, 0.1) is 23.8 Å². The number of aromatic nitrogens is 1. The van der Waals surface area contributed by atoms with Gasteiger partial charge in [-0.15, -0.1) is 0 Å². The van der Waals surface area contributed by atoms with E-state index in [4.69, 9.17) is 0 Å². The van der Waals surface area contributed by atoms with Gasteiger partial charge >= 0.3 is 0 Å². The van der Waals surface area contributed by atoms with Gasteiger partial charge in [-0.2, -0.15) is 0 Å². The number of rotatable bonds is 5. The molecule has 1 aromatic heterocycles. The van der Waals surface area contributed by atoms with Crippen LogP contribution in [0.25, 0.3) is 0 Å². The van der Waals surface area contributed by atoms with Crippen molar-refractivity contribution < 1.29 is 0 Å². The third-order valence-corrected chi connectivity index (χ3v) is 3.17. The van der Waals surface area contributed by atoms with Crippen LogP contribution < -0.4 is 10.6 Å². The van der Waals surface area contributed by atoms with E-state index in [1.165, 1.54) is 6.42 Å². The van der Waals surface area contributed by atoms with Gasteiger partial charge in [0.15, 0.2) is 0 Å². The van der Waals surface area contributed by atoms with Gasteiger partial charge in [-0.05, 0) is 24.3 Å². The molecular weight excluding hydrogens is 198 g/mol. The van der Waals surface area contributed by atoms with Gasteiger partial charge in [-0.1, -0.05) is 20.8 Å². The zero-order chi connectivity index (χ0) is 11.6. The molecule has 1 fully saturated rings. The minimum absolute atomic E-state index is 0.451. The van der Waals surface area contributed by atoms with Gasteiger partial charge in [0.2, 0.25) is 0 Å². The lowest BCUT2D eigenvalue weighted by atomic mass is 10.2. The van der Waals surface area contributed by atoms with Crippen LogP contribution in [-0.4, -0.2) is 17.6 Å². The molecule has 16 heavy (non-hydrogen) atoms. The minimum atomic E-state index is 0.451. The quantitative estimate of drug-likeness (QED) is 0.799. The standard InChI is InChI=1S/C13H21N3/c1-4-5-15-10-6-11(9-14-8-10)16-12-7-13(12,2)3/h6,8-9,12,15-16H,4-5,7H2,1-3H3. The van der Waals surface area contributed by atoms with Crippen LogP contribution in [0.1, 0.15) is 33.6 Å².